The number of nitrogens with zero attached hydrogens (tertiary/aromatic N) is 1. The zero-order chi connectivity index (χ0) is 16.8. The van der Waals surface area contributed by atoms with E-state index in [1.165, 1.54) is 6.08 Å². The Balaban J connectivity index is 1.92. The zero-order valence-corrected chi connectivity index (χ0v) is 13.7. The number of anilines is 1. The molecule has 1 fully saturated rings. The van der Waals surface area contributed by atoms with E-state index in [1.54, 1.807) is 11.0 Å². The number of rotatable bonds is 6. The average molecular weight is 316 g/mol. The summed E-state index contributed by atoms with van der Waals surface area (Å²) in [5, 5.41) is 11.9. The van der Waals surface area contributed by atoms with Crippen LogP contribution in [0.5, 0.6) is 0 Å². The first-order valence-electron chi connectivity index (χ1n) is 8.01. The van der Waals surface area contributed by atoms with Crippen molar-refractivity contribution in [1.29, 1.82) is 0 Å². The fraction of sp³-hybridized carbons (Fsp3) is 0.444. The third-order valence-corrected chi connectivity index (χ3v) is 4.22. The van der Waals surface area contributed by atoms with Gasteiger partial charge in [0.15, 0.2) is 0 Å². The third kappa shape index (κ3) is 4.66. The number of hydrogen-bond acceptors (Lipinski definition) is 3. The van der Waals surface area contributed by atoms with Crippen LogP contribution in [0.2, 0.25) is 0 Å². The van der Waals surface area contributed by atoms with Crippen LogP contribution in [0.15, 0.2) is 30.3 Å². The van der Waals surface area contributed by atoms with Crippen LogP contribution in [0.1, 0.15) is 32.3 Å². The van der Waals surface area contributed by atoms with Crippen molar-refractivity contribution in [2.75, 3.05) is 18.1 Å². The molecule has 5 nitrogen and oxygen atoms in total. The number of aliphatic hydroxyl groups is 1. The van der Waals surface area contributed by atoms with Crippen LogP contribution in [-0.2, 0) is 9.59 Å². The van der Waals surface area contributed by atoms with Gasteiger partial charge in [0, 0.05) is 37.4 Å². The highest BCUT2D eigenvalue weighted by atomic mass is 16.3. The fourth-order valence-corrected chi connectivity index (χ4v) is 2.43. The van der Waals surface area contributed by atoms with Gasteiger partial charge in [-0.05, 0) is 43.0 Å². The van der Waals surface area contributed by atoms with Gasteiger partial charge in [-0.25, -0.2) is 0 Å². The quantitative estimate of drug-likeness (QED) is 0.788. The first kappa shape index (κ1) is 17.2. The van der Waals surface area contributed by atoms with Crippen LogP contribution < -0.4 is 10.2 Å². The fourth-order valence-electron chi connectivity index (χ4n) is 2.43. The topological polar surface area (TPSA) is 69.6 Å². The Morgan fingerprint density at radius 1 is 1.35 bits per heavy atom. The molecule has 0 aromatic heterocycles. The molecular formula is C18H24N2O3. The van der Waals surface area contributed by atoms with Gasteiger partial charge in [0.25, 0.3) is 0 Å². The van der Waals surface area contributed by atoms with E-state index < -0.39 is 0 Å². The van der Waals surface area contributed by atoms with Crippen molar-refractivity contribution in [3.05, 3.63) is 35.9 Å². The SMILES string of the molecule is CC(CO)C(C)NC(=O)/C=C/c1ccc(N2CCCC2=O)cc1. The highest BCUT2D eigenvalue weighted by Crippen LogP contribution is 2.21. The van der Waals surface area contributed by atoms with E-state index in [9.17, 15) is 9.59 Å². The third-order valence-electron chi connectivity index (χ3n) is 4.22. The van der Waals surface area contributed by atoms with E-state index in [0.29, 0.717) is 6.42 Å². The van der Waals surface area contributed by atoms with Crippen LogP contribution in [0.4, 0.5) is 5.69 Å². The second-order valence-electron chi connectivity index (χ2n) is 6.03. The normalized spacial score (nSPS) is 17.5. The van der Waals surface area contributed by atoms with E-state index in [-0.39, 0.29) is 30.4 Å². The molecule has 0 saturated carbocycles. The number of carbonyl (C=O) groups excluding carboxylic acids is 2. The molecule has 2 atom stereocenters. The molecule has 0 spiro atoms. The Morgan fingerprint density at radius 3 is 2.61 bits per heavy atom. The van der Waals surface area contributed by atoms with E-state index in [0.717, 1.165) is 24.2 Å². The smallest absolute Gasteiger partial charge is 0.244 e. The minimum Gasteiger partial charge on any atom is -0.396 e. The highest BCUT2D eigenvalue weighted by Gasteiger charge is 2.21. The molecule has 1 heterocycles. The summed E-state index contributed by atoms with van der Waals surface area (Å²) in [6.07, 6.45) is 4.75. The maximum atomic E-state index is 11.8. The van der Waals surface area contributed by atoms with Crippen molar-refractivity contribution in [1.82, 2.24) is 5.32 Å². The molecule has 2 N–H and O–H groups in total. The first-order chi connectivity index (χ1) is 11.0. The average Bonchev–Trinajstić information content (AvgIpc) is 2.98. The number of hydrogen-bond donors (Lipinski definition) is 2. The molecule has 1 saturated heterocycles. The molecule has 0 aliphatic carbocycles. The highest BCUT2D eigenvalue weighted by molar-refractivity contribution is 5.95. The number of aliphatic hydroxyl groups excluding tert-OH is 1. The molecule has 124 valence electrons. The lowest BCUT2D eigenvalue weighted by molar-refractivity contribution is -0.118. The van der Waals surface area contributed by atoms with Gasteiger partial charge in [0.1, 0.15) is 0 Å². The summed E-state index contributed by atoms with van der Waals surface area (Å²) >= 11 is 0. The number of carbonyl (C=O) groups is 2. The minimum absolute atomic E-state index is 0.0182. The Hall–Kier alpha value is -2.14. The Labute approximate surface area is 137 Å². The van der Waals surface area contributed by atoms with Gasteiger partial charge in [-0.1, -0.05) is 19.1 Å². The summed E-state index contributed by atoms with van der Waals surface area (Å²) in [7, 11) is 0. The second kappa shape index (κ2) is 7.92. The molecule has 1 aliphatic heterocycles. The maximum absolute atomic E-state index is 11.8. The van der Waals surface area contributed by atoms with E-state index in [2.05, 4.69) is 5.32 Å². The molecule has 23 heavy (non-hydrogen) atoms. The van der Waals surface area contributed by atoms with Gasteiger partial charge in [0.2, 0.25) is 11.8 Å². The predicted molar refractivity (Wildman–Crippen MR) is 90.9 cm³/mol. The van der Waals surface area contributed by atoms with Gasteiger partial charge < -0.3 is 15.3 Å². The van der Waals surface area contributed by atoms with Crippen LogP contribution in [-0.4, -0.2) is 36.1 Å². The van der Waals surface area contributed by atoms with Crippen LogP contribution in [0.3, 0.4) is 0 Å². The van der Waals surface area contributed by atoms with Crippen molar-refractivity contribution in [3.63, 3.8) is 0 Å². The molecule has 5 heteroatoms. The summed E-state index contributed by atoms with van der Waals surface area (Å²) in [6, 6.07) is 7.50. The Morgan fingerprint density at radius 2 is 2.04 bits per heavy atom. The molecule has 0 radical (unpaired) electrons. The molecular weight excluding hydrogens is 292 g/mol. The van der Waals surface area contributed by atoms with Crippen molar-refractivity contribution in [2.45, 2.75) is 32.7 Å². The van der Waals surface area contributed by atoms with Gasteiger partial charge in [-0.3, -0.25) is 9.59 Å². The summed E-state index contributed by atoms with van der Waals surface area (Å²) in [4.78, 5) is 25.3. The molecule has 1 aliphatic rings. The summed E-state index contributed by atoms with van der Waals surface area (Å²) in [6.45, 7) is 4.57. The van der Waals surface area contributed by atoms with Gasteiger partial charge in [0.05, 0.1) is 0 Å². The van der Waals surface area contributed by atoms with Crippen molar-refractivity contribution >= 4 is 23.6 Å². The largest absolute Gasteiger partial charge is 0.396 e. The lowest BCUT2D eigenvalue weighted by Gasteiger charge is -2.18. The lowest BCUT2D eigenvalue weighted by Crippen LogP contribution is -2.37. The first-order valence-corrected chi connectivity index (χ1v) is 8.01. The van der Waals surface area contributed by atoms with Crippen LogP contribution in [0, 0.1) is 5.92 Å². The molecule has 2 unspecified atom stereocenters. The summed E-state index contributed by atoms with van der Waals surface area (Å²) in [5.41, 5.74) is 1.80. The van der Waals surface area contributed by atoms with E-state index >= 15 is 0 Å². The minimum atomic E-state index is -0.184. The van der Waals surface area contributed by atoms with Crippen LogP contribution in [0.25, 0.3) is 6.08 Å². The van der Waals surface area contributed by atoms with E-state index in [4.69, 9.17) is 5.11 Å². The molecule has 2 amide bonds. The zero-order valence-electron chi connectivity index (χ0n) is 13.7. The Kier molecular flexibility index (Phi) is 5.93. The number of nitrogens with one attached hydrogen (secondary N) is 1. The lowest BCUT2D eigenvalue weighted by atomic mass is 10.1. The van der Waals surface area contributed by atoms with Crippen molar-refractivity contribution in [2.24, 2.45) is 5.92 Å². The van der Waals surface area contributed by atoms with Crippen molar-refractivity contribution < 1.29 is 14.7 Å². The number of amides is 2. The van der Waals surface area contributed by atoms with Gasteiger partial charge in [-0.15, -0.1) is 0 Å². The van der Waals surface area contributed by atoms with Gasteiger partial charge >= 0.3 is 0 Å². The Bertz CT molecular complexity index is 580. The van der Waals surface area contributed by atoms with Crippen LogP contribution >= 0.6 is 0 Å². The molecule has 2 rings (SSSR count). The number of benzene rings is 1. The summed E-state index contributed by atoms with van der Waals surface area (Å²) in [5.74, 6) is 0.000824. The second-order valence-corrected chi connectivity index (χ2v) is 6.03. The predicted octanol–water partition coefficient (Wildman–Crippen LogP) is 1.96. The van der Waals surface area contributed by atoms with E-state index in [1.807, 2.05) is 38.1 Å². The summed E-state index contributed by atoms with van der Waals surface area (Å²) < 4.78 is 0. The molecule has 1 aromatic carbocycles. The van der Waals surface area contributed by atoms with Crippen molar-refractivity contribution in [3.8, 4) is 0 Å². The molecule has 1 aromatic rings. The monoisotopic (exact) mass is 316 g/mol. The standard InChI is InChI=1S/C18H24N2O3/c1-13(12-21)14(2)19-17(22)10-7-15-5-8-16(9-6-15)20-11-3-4-18(20)23/h5-10,13-14,21H,3-4,11-12H2,1-2H3,(H,19,22)/b10-7+. The maximum Gasteiger partial charge on any atom is 0.244 e. The molecule has 0 bridgehead atoms. The van der Waals surface area contributed by atoms with Gasteiger partial charge in [-0.2, -0.15) is 0 Å².